The summed E-state index contributed by atoms with van der Waals surface area (Å²) in [5.74, 6) is 0. The molecule has 2 heterocycles. The minimum Gasteiger partial charge on any atom is -0.358 e. The van der Waals surface area contributed by atoms with Gasteiger partial charge in [0.15, 0.2) is 0 Å². The van der Waals surface area contributed by atoms with Gasteiger partial charge in [-0.05, 0) is 32.4 Å². The second-order valence-corrected chi connectivity index (χ2v) is 7.53. The van der Waals surface area contributed by atoms with E-state index in [1.54, 1.807) is 23.0 Å². The summed E-state index contributed by atoms with van der Waals surface area (Å²) in [4.78, 5) is 3.07. The number of nitrogens with zero attached hydrogens (tertiary/aromatic N) is 3. The number of nitrogens with one attached hydrogen (secondary N) is 2. The summed E-state index contributed by atoms with van der Waals surface area (Å²) in [5.41, 5.74) is 2.37. The molecule has 1 aromatic carbocycles. The van der Waals surface area contributed by atoms with E-state index in [1.165, 1.54) is 12.4 Å². The number of fused-ring (bicyclic) bond motifs is 1. The van der Waals surface area contributed by atoms with Crippen LogP contribution in [0.5, 0.6) is 0 Å². The molecule has 2 N–H and O–H groups in total. The first-order valence-electron chi connectivity index (χ1n) is 7.41. The minimum absolute atomic E-state index is 0.0709. The van der Waals surface area contributed by atoms with Gasteiger partial charge in [0.25, 0.3) is 10.0 Å². The lowest BCUT2D eigenvalue weighted by Crippen LogP contribution is -2.13. The summed E-state index contributed by atoms with van der Waals surface area (Å²) in [6.45, 7) is 5.72. The van der Waals surface area contributed by atoms with E-state index in [4.69, 9.17) is 0 Å². The van der Waals surface area contributed by atoms with Gasteiger partial charge in [0.2, 0.25) is 0 Å². The molecule has 0 bridgehead atoms. The normalized spacial score (nSPS) is 11.8. The Kier molecular flexibility index (Phi) is 3.81. The standard InChI is InChI=1S/C16H17N5O2S/c1-10(2)21-9-13(8-19-21)24(22,23)20-14-5-4-11(3)15-12(6-17)7-18-16(14)15/h4-5,7-10,18,20H,1-3H3. The minimum atomic E-state index is -3.76. The highest BCUT2D eigenvalue weighted by molar-refractivity contribution is 7.92. The average molecular weight is 343 g/mol. The van der Waals surface area contributed by atoms with Gasteiger partial charge in [-0.2, -0.15) is 10.4 Å². The molecule has 24 heavy (non-hydrogen) atoms. The van der Waals surface area contributed by atoms with E-state index >= 15 is 0 Å². The fraction of sp³-hybridized carbons (Fsp3) is 0.250. The maximum Gasteiger partial charge on any atom is 0.265 e. The number of benzene rings is 1. The van der Waals surface area contributed by atoms with Crippen LogP contribution in [0.1, 0.15) is 31.0 Å². The Bertz CT molecular complexity index is 1050. The summed E-state index contributed by atoms with van der Waals surface area (Å²) < 4.78 is 29.4. The average Bonchev–Trinajstić information content (AvgIpc) is 3.17. The third-order valence-electron chi connectivity index (χ3n) is 3.83. The lowest BCUT2D eigenvalue weighted by Gasteiger charge is -2.09. The summed E-state index contributed by atoms with van der Waals surface area (Å²) in [6, 6.07) is 5.64. The molecule has 3 aromatic rings. The van der Waals surface area contributed by atoms with Crippen LogP contribution in [0.2, 0.25) is 0 Å². The van der Waals surface area contributed by atoms with Crippen LogP contribution >= 0.6 is 0 Å². The van der Waals surface area contributed by atoms with Crippen LogP contribution in [0.15, 0.2) is 35.6 Å². The number of aryl methyl sites for hydroxylation is 1. The summed E-state index contributed by atoms with van der Waals surface area (Å²) >= 11 is 0. The zero-order valence-electron chi connectivity index (χ0n) is 13.5. The van der Waals surface area contributed by atoms with Crippen molar-refractivity contribution in [2.45, 2.75) is 31.7 Å². The van der Waals surface area contributed by atoms with Crippen LogP contribution in [0.3, 0.4) is 0 Å². The lowest BCUT2D eigenvalue weighted by atomic mass is 10.1. The van der Waals surface area contributed by atoms with Crippen molar-refractivity contribution in [3.05, 3.63) is 41.9 Å². The third-order valence-corrected chi connectivity index (χ3v) is 5.15. The van der Waals surface area contributed by atoms with Gasteiger partial charge < -0.3 is 4.98 Å². The highest BCUT2D eigenvalue weighted by atomic mass is 32.2. The topological polar surface area (TPSA) is 104 Å². The predicted octanol–water partition coefficient (Wildman–Crippen LogP) is 2.93. The number of nitriles is 1. The molecule has 0 atom stereocenters. The van der Waals surface area contributed by atoms with E-state index in [0.29, 0.717) is 16.8 Å². The van der Waals surface area contributed by atoms with Gasteiger partial charge in [0.1, 0.15) is 11.0 Å². The Morgan fingerprint density at radius 1 is 1.38 bits per heavy atom. The van der Waals surface area contributed by atoms with Crippen LogP contribution in [-0.2, 0) is 10.0 Å². The quantitative estimate of drug-likeness (QED) is 0.760. The molecule has 2 aromatic heterocycles. The molecule has 0 aliphatic rings. The molecule has 3 rings (SSSR count). The highest BCUT2D eigenvalue weighted by Gasteiger charge is 2.20. The SMILES string of the molecule is Cc1ccc(NS(=O)(=O)c2cnn(C(C)C)c2)c2[nH]cc(C#N)c12. The molecule has 0 saturated heterocycles. The number of aromatic nitrogens is 3. The maximum absolute atomic E-state index is 12.6. The largest absolute Gasteiger partial charge is 0.358 e. The van der Waals surface area contributed by atoms with E-state index in [-0.39, 0.29) is 10.9 Å². The molecule has 0 unspecified atom stereocenters. The van der Waals surface area contributed by atoms with Crippen molar-refractivity contribution in [1.82, 2.24) is 14.8 Å². The fourth-order valence-electron chi connectivity index (χ4n) is 2.54. The monoisotopic (exact) mass is 343 g/mol. The van der Waals surface area contributed by atoms with Gasteiger partial charge in [-0.25, -0.2) is 8.42 Å². The Hall–Kier alpha value is -2.79. The Morgan fingerprint density at radius 2 is 2.12 bits per heavy atom. The van der Waals surface area contributed by atoms with Crippen molar-refractivity contribution >= 4 is 26.6 Å². The Morgan fingerprint density at radius 3 is 2.75 bits per heavy atom. The maximum atomic E-state index is 12.6. The van der Waals surface area contributed by atoms with Crippen molar-refractivity contribution < 1.29 is 8.42 Å². The predicted molar refractivity (Wildman–Crippen MR) is 91.2 cm³/mol. The van der Waals surface area contributed by atoms with E-state index in [0.717, 1.165) is 10.9 Å². The first kappa shape index (κ1) is 16.1. The second-order valence-electron chi connectivity index (χ2n) is 5.85. The molecular formula is C16H17N5O2S. The van der Waals surface area contributed by atoms with E-state index in [1.807, 2.05) is 20.8 Å². The Labute approximate surface area is 140 Å². The number of sulfonamides is 1. The van der Waals surface area contributed by atoms with Gasteiger partial charge >= 0.3 is 0 Å². The highest BCUT2D eigenvalue weighted by Crippen LogP contribution is 2.29. The van der Waals surface area contributed by atoms with Crippen molar-refractivity contribution in [2.24, 2.45) is 0 Å². The number of rotatable bonds is 4. The van der Waals surface area contributed by atoms with Crippen LogP contribution in [0, 0.1) is 18.3 Å². The molecule has 0 aliphatic heterocycles. The van der Waals surface area contributed by atoms with E-state index < -0.39 is 10.0 Å². The first-order valence-corrected chi connectivity index (χ1v) is 8.89. The van der Waals surface area contributed by atoms with Crippen molar-refractivity contribution in [3.8, 4) is 6.07 Å². The number of aromatic amines is 1. The van der Waals surface area contributed by atoms with Gasteiger partial charge in [-0.15, -0.1) is 0 Å². The molecule has 0 spiro atoms. The van der Waals surface area contributed by atoms with Crippen LogP contribution in [-0.4, -0.2) is 23.2 Å². The number of hydrogen-bond acceptors (Lipinski definition) is 4. The molecule has 7 nitrogen and oxygen atoms in total. The zero-order valence-corrected chi connectivity index (χ0v) is 14.3. The second kappa shape index (κ2) is 5.69. The van der Waals surface area contributed by atoms with Crippen LogP contribution in [0.25, 0.3) is 10.9 Å². The molecule has 0 radical (unpaired) electrons. The third kappa shape index (κ3) is 2.63. The molecule has 0 fully saturated rings. The summed E-state index contributed by atoms with van der Waals surface area (Å²) in [7, 11) is -3.76. The van der Waals surface area contributed by atoms with Crippen molar-refractivity contribution in [1.29, 1.82) is 5.26 Å². The van der Waals surface area contributed by atoms with Gasteiger partial charge in [0, 0.05) is 23.8 Å². The first-order chi connectivity index (χ1) is 11.3. The van der Waals surface area contributed by atoms with Crippen molar-refractivity contribution in [2.75, 3.05) is 4.72 Å². The molecular weight excluding hydrogens is 326 g/mol. The van der Waals surface area contributed by atoms with Crippen molar-refractivity contribution in [3.63, 3.8) is 0 Å². The van der Waals surface area contributed by atoms with Gasteiger partial charge in [0.05, 0.1) is 23.0 Å². The molecule has 124 valence electrons. The fourth-order valence-corrected chi connectivity index (χ4v) is 3.55. The number of hydrogen-bond donors (Lipinski definition) is 2. The van der Waals surface area contributed by atoms with Gasteiger partial charge in [-0.1, -0.05) is 6.07 Å². The summed E-state index contributed by atoms with van der Waals surface area (Å²) in [5, 5.41) is 14.0. The molecule has 0 amide bonds. The smallest absolute Gasteiger partial charge is 0.265 e. The van der Waals surface area contributed by atoms with E-state index in [2.05, 4.69) is 20.9 Å². The number of H-pyrrole nitrogens is 1. The lowest BCUT2D eigenvalue weighted by molar-refractivity contribution is 0.531. The van der Waals surface area contributed by atoms with Gasteiger partial charge in [-0.3, -0.25) is 9.40 Å². The Balaban J connectivity index is 2.04. The zero-order chi connectivity index (χ0) is 17.5. The molecule has 0 aliphatic carbocycles. The number of anilines is 1. The van der Waals surface area contributed by atoms with Crippen LogP contribution < -0.4 is 4.72 Å². The molecule has 8 heteroatoms. The van der Waals surface area contributed by atoms with E-state index in [9.17, 15) is 13.7 Å². The summed E-state index contributed by atoms with van der Waals surface area (Å²) in [6.07, 6.45) is 4.39. The molecule has 0 saturated carbocycles. The van der Waals surface area contributed by atoms with Crippen LogP contribution in [0.4, 0.5) is 5.69 Å².